The number of nitrogens with one attached hydrogen (secondary N) is 1. The molecule has 0 aromatic heterocycles. The lowest BCUT2D eigenvalue weighted by atomic mass is 9.95. The minimum Gasteiger partial charge on any atom is -0.493 e. The van der Waals surface area contributed by atoms with Crippen molar-refractivity contribution < 1.29 is 9.13 Å². The molecule has 1 atom stereocenters. The van der Waals surface area contributed by atoms with E-state index in [1.807, 2.05) is 18.2 Å². The van der Waals surface area contributed by atoms with E-state index in [2.05, 4.69) is 24.4 Å². The SMILES string of the molecule is CCNC(c1ccc(C)c(F)c1)c1ccc2c(c1)CCO2. The van der Waals surface area contributed by atoms with Crippen LogP contribution >= 0.6 is 0 Å². The zero-order valence-electron chi connectivity index (χ0n) is 12.4. The summed E-state index contributed by atoms with van der Waals surface area (Å²) >= 11 is 0. The molecule has 1 N–H and O–H groups in total. The van der Waals surface area contributed by atoms with Gasteiger partial charge in [0.1, 0.15) is 11.6 Å². The molecule has 110 valence electrons. The summed E-state index contributed by atoms with van der Waals surface area (Å²) in [6, 6.07) is 11.7. The average Bonchev–Trinajstić information content (AvgIpc) is 2.95. The normalized spacial score (nSPS) is 14.6. The van der Waals surface area contributed by atoms with E-state index in [0.717, 1.165) is 36.4 Å². The summed E-state index contributed by atoms with van der Waals surface area (Å²) in [6.45, 7) is 5.43. The van der Waals surface area contributed by atoms with Crippen molar-refractivity contribution in [3.05, 3.63) is 64.5 Å². The van der Waals surface area contributed by atoms with Crippen LogP contribution in [-0.2, 0) is 6.42 Å². The lowest BCUT2D eigenvalue weighted by molar-refractivity contribution is 0.357. The van der Waals surface area contributed by atoms with Crippen molar-refractivity contribution in [3.8, 4) is 5.75 Å². The Morgan fingerprint density at radius 1 is 1.19 bits per heavy atom. The molecule has 1 heterocycles. The quantitative estimate of drug-likeness (QED) is 0.923. The van der Waals surface area contributed by atoms with Gasteiger partial charge >= 0.3 is 0 Å². The van der Waals surface area contributed by atoms with Crippen molar-refractivity contribution in [1.82, 2.24) is 5.32 Å². The van der Waals surface area contributed by atoms with Crippen LogP contribution in [0.15, 0.2) is 36.4 Å². The van der Waals surface area contributed by atoms with E-state index in [4.69, 9.17) is 4.74 Å². The van der Waals surface area contributed by atoms with Crippen molar-refractivity contribution in [1.29, 1.82) is 0 Å². The van der Waals surface area contributed by atoms with Gasteiger partial charge in [-0.2, -0.15) is 0 Å². The van der Waals surface area contributed by atoms with Gasteiger partial charge in [0, 0.05) is 6.42 Å². The van der Waals surface area contributed by atoms with E-state index in [1.165, 1.54) is 5.56 Å². The van der Waals surface area contributed by atoms with Crippen LogP contribution in [0.5, 0.6) is 5.75 Å². The summed E-state index contributed by atoms with van der Waals surface area (Å²) in [5.41, 5.74) is 4.03. The maximum Gasteiger partial charge on any atom is 0.126 e. The number of hydrogen-bond donors (Lipinski definition) is 1. The first-order valence-electron chi connectivity index (χ1n) is 7.44. The predicted octanol–water partition coefficient (Wildman–Crippen LogP) is 3.77. The minimum atomic E-state index is -0.153. The molecule has 2 aromatic carbocycles. The Bertz CT molecular complexity index is 654. The highest BCUT2D eigenvalue weighted by molar-refractivity contribution is 5.43. The first-order valence-corrected chi connectivity index (χ1v) is 7.44. The van der Waals surface area contributed by atoms with Crippen LogP contribution in [-0.4, -0.2) is 13.2 Å². The van der Waals surface area contributed by atoms with Gasteiger partial charge in [-0.25, -0.2) is 4.39 Å². The largest absolute Gasteiger partial charge is 0.493 e. The average molecular weight is 285 g/mol. The summed E-state index contributed by atoms with van der Waals surface area (Å²) in [5.74, 6) is 0.823. The predicted molar refractivity (Wildman–Crippen MR) is 82.3 cm³/mol. The van der Waals surface area contributed by atoms with E-state index in [1.54, 1.807) is 13.0 Å². The van der Waals surface area contributed by atoms with Crippen molar-refractivity contribution in [2.75, 3.05) is 13.2 Å². The maximum absolute atomic E-state index is 13.9. The number of ether oxygens (including phenoxy) is 1. The van der Waals surface area contributed by atoms with Gasteiger partial charge in [-0.1, -0.05) is 31.2 Å². The second-order valence-corrected chi connectivity index (χ2v) is 5.46. The topological polar surface area (TPSA) is 21.3 Å². The van der Waals surface area contributed by atoms with Gasteiger partial charge in [-0.3, -0.25) is 0 Å². The highest BCUT2D eigenvalue weighted by Crippen LogP contribution is 2.31. The van der Waals surface area contributed by atoms with Crippen LogP contribution in [0, 0.1) is 12.7 Å². The maximum atomic E-state index is 13.9. The summed E-state index contributed by atoms with van der Waals surface area (Å²) in [6.07, 6.45) is 0.949. The molecule has 0 spiro atoms. The number of aryl methyl sites for hydroxylation is 1. The summed E-state index contributed by atoms with van der Waals surface area (Å²) in [5, 5.41) is 3.45. The Labute approximate surface area is 125 Å². The monoisotopic (exact) mass is 285 g/mol. The smallest absolute Gasteiger partial charge is 0.126 e. The Balaban J connectivity index is 1.99. The van der Waals surface area contributed by atoms with Crippen molar-refractivity contribution in [2.24, 2.45) is 0 Å². The number of halogens is 1. The number of hydrogen-bond acceptors (Lipinski definition) is 2. The van der Waals surface area contributed by atoms with E-state index < -0.39 is 0 Å². The molecule has 0 saturated carbocycles. The molecule has 2 aromatic rings. The molecule has 3 rings (SSSR count). The van der Waals surface area contributed by atoms with Gasteiger partial charge in [0.25, 0.3) is 0 Å². The Morgan fingerprint density at radius 2 is 1.95 bits per heavy atom. The molecule has 0 fully saturated rings. The fraction of sp³-hybridized carbons (Fsp3) is 0.333. The first kappa shape index (κ1) is 14.1. The molecule has 0 amide bonds. The number of fused-ring (bicyclic) bond motifs is 1. The molecule has 0 saturated heterocycles. The molecular weight excluding hydrogens is 265 g/mol. The molecule has 21 heavy (non-hydrogen) atoms. The van der Waals surface area contributed by atoms with Crippen LogP contribution in [0.25, 0.3) is 0 Å². The zero-order chi connectivity index (χ0) is 14.8. The minimum absolute atomic E-state index is 0.0102. The van der Waals surface area contributed by atoms with Gasteiger partial charge in [0.2, 0.25) is 0 Å². The van der Waals surface area contributed by atoms with Crippen LogP contribution in [0.4, 0.5) is 4.39 Å². The Morgan fingerprint density at radius 3 is 2.71 bits per heavy atom. The van der Waals surface area contributed by atoms with E-state index >= 15 is 0 Å². The van der Waals surface area contributed by atoms with Crippen LogP contribution in [0.3, 0.4) is 0 Å². The highest BCUT2D eigenvalue weighted by Gasteiger charge is 2.18. The van der Waals surface area contributed by atoms with Crippen LogP contribution < -0.4 is 10.1 Å². The fourth-order valence-corrected chi connectivity index (χ4v) is 2.81. The lowest BCUT2D eigenvalue weighted by Crippen LogP contribution is -2.22. The third kappa shape index (κ3) is 2.79. The van der Waals surface area contributed by atoms with Gasteiger partial charge in [0.05, 0.1) is 12.6 Å². The lowest BCUT2D eigenvalue weighted by Gasteiger charge is -2.20. The molecule has 0 aliphatic carbocycles. The fourth-order valence-electron chi connectivity index (χ4n) is 2.81. The molecule has 0 radical (unpaired) electrons. The van der Waals surface area contributed by atoms with Gasteiger partial charge in [0.15, 0.2) is 0 Å². The highest BCUT2D eigenvalue weighted by atomic mass is 19.1. The standard InChI is InChI=1S/C18H20FNO/c1-3-20-18(15-5-4-12(2)16(19)11-15)14-6-7-17-13(10-14)8-9-21-17/h4-7,10-11,18,20H,3,8-9H2,1-2H3. The zero-order valence-corrected chi connectivity index (χ0v) is 12.4. The summed E-state index contributed by atoms with van der Waals surface area (Å²) in [7, 11) is 0. The summed E-state index contributed by atoms with van der Waals surface area (Å²) < 4.78 is 19.4. The Kier molecular flexibility index (Phi) is 3.93. The molecule has 0 bridgehead atoms. The van der Waals surface area contributed by atoms with Crippen molar-refractivity contribution >= 4 is 0 Å². The molecule has 2 nitrogen and oxygen atoms in total. The third-order valence-corrected chi connectivity index (χ3v) is 3.98. The molecule has 1 unspecified atom stereocenters. The van der Waals surface area contributed by atoms with Crippen LogP contribution in [0.1, 0.15) is 35.2 Å². The van der Waals surface area contributed by atoms with Gasteiger partial charge in [-0.15, -0.1) is 0 Å². The molecule has 1 aliphatic heterocycles. The van der Waals surface area contributed by atoms with E-state index in [0.29, 0.717) is 5.56 Å². The summed E-state index contributed by atoms with van der Waals surface area (Å²) in [4.78, 5) is 0. The Hall–Kier alpha value is -1.87. The number of benzene rings is 2. The van der Waals surface area contributed by atoms with Crippen LogP contribution in [0.2, 0.25) is 0 Å². The van der Waals surface area contributed by atoms with Crippen molar-refractivity contribution in [3.63, 3.8) is 0 Å². The molecular formula is C18H20FNO. The second kappa shape index (κ2) is 5.86. The van der Waals surface area contributed by atoms with E-state index in [9.17, 15) is 4.39 Å². The molecule has 1 aliphatic rings. The van der Waals surface area contributed by atoms with Crippen molar-refractivity contribution in [2.45, 2.75) is 26.3 Å². The molecule has 3 heteroatoms. The van der Waals surface area contributed by atoms with Gasteiger partial charge in [-0.05, 0) is 47.9 Å². The first-order chi connectivity index (χ1) is 10.2. The van der Waals surface area contributed by atoms with Gasteiger partial charge < -0.3 is 10.1 Å². The van der Waals surface area contributed by atoms with E-state index in [-0.39, 0.29) is 11.9 Å². The second-order valence-electron chi connectivity index (χ2n) is 5.46. The third-order valence-electron chi connectivity index (χ3n) is 3.98. The number of rotatable bonds is 4.